The molecule has 0 unspecified atom stereocenters. The van der Waals surface area contributed by atoms with Gasteiger partial charge in [0.1, 0.15) is 16.1 Å². The molecule has 0 amide bonds. The van der Waals surface area contributed by atoms with Crippen molar-refractivity contribution in [3.8, 4) is 22.9 Å². The predicted molar refractivity (Wildman–Crippen MR) is 158 cm³/mol. The molecule has 8 heteroatoms. The van der Waals surface area contributed by atoms with Gasteiger partial charge in [0.25, 0.3) is 0 Å². The van der Waals surface area contributed by atoms with Crippen molar-refractivity contribution in [3.63, 3.8) is 0 Å². The molecule has 2 aliphatic heterocycles. The van der Waals surface area contributed by atoms with E-state index in [9.17, 15) is 0 Å². The Hall–Kier alpha value is -1.26. The second-order valence-corrected chi connectivity index (χ2v) is 23.7. The van der Waals surface area contributed by atoms with Gasteiger partial charge in [-0.2, -0.15) is 0 Å². The molecule has 194 valence electrons. The van der Waals surface area contributed by atoms with Crippen LogP contribution < -0.4 is 10.9 Å². The maximum atomic E-state index is 6.47. The van der Waals surface area contributed by atoms with Gasteiger partial charge >= 0.3 is 14.2 Å². The first kappa shape index (κ1) is 29.3. The molecule has 0 aromatic heterocycles. The van der Waals surface area contributed by atoms with Crippen molar-refractivity contribution >= 4 is 41.3 Å². The summed E-state index contributed by atoms with van der Waals surface area (Å²) < 4.78 is 25.9. The van der Waals surface area contributed by atoms with E-state index in [2.05, 4.69) is 130 Å². The lowest BCUT2D eigenvalue weighted by Crippen LogP contribution is -2.42. The quantitative estimate of drug-likeness (QED) is 0.416. The fourth-order valence-corrected chi connectivity index (χ4v) is 4.71. The summed E-state index contributed by atoms with van der Waals surface area (Å²) in [7, 11) is -4.32. The maximum absolute atomic E-state index is 6.47. The molecule has 3 rings (SSSR count). The Morgan fingerprint density at radius 2 is 0.778 bits per heavy atom. The monoisotopic (exact) mass is 522 g/mol. The fraction of sp³-hybridized carbons (Fsp3) is 0.643. The largest absolute Gasteiger partial charge is 0.496 e. The van der Waals surface area contributed by atoms with E-state index in [1.807, 2.05) is 0 Å². The van der Waals surface area contributed by atoms with Crippen molar-refractivity contribution in [2.75, 3.05) is 0 Å². The van der Waals surface area contributed by atoms with Crippen LogP contribution in [0.3, 0.4) is 0 Å². The zero-order valence-corrected chi connectivity index (χ0v) is 26.9. The fourth-order valence-electron chi connectivity index (χ4n) is 3.69. The zero-order valence-electron chi connectivity index (χ0n) is 24.9. The van der Waals surface area contributed by atoms with Crippen molar-refractivity contribution in [1.82, 2.24) is 0 Å². The summed E-state index contributed by atoms with van der Waals surface area (Å²) in [5, 5.41) is 0. The number of rotatable bonds is 2. The lowest BCUT2D eigenvalue weighted by molar-refractivity contribution is 0.00578. The van der Waals surface area contributed by atoms with E-state index in [4.69, 9.17) is 18.6 Å². The summed E-state index contributed by atoms with van der Waals surface area (Å²) in [6.07, 6.45) is 0. The molecule has 0 bridgehead atoms. The summed E-state index contributed by atoms with van der Waals surface area (Å²) >= 11 is 0. The molecule has 0 radical (unpaired) electrons. The normalized spacial score (nSPS) is 22.1. The van der Waals surface area contributed by atoms with Crippen LogP contribution in [-0.2, 0) is 18.6 Å². The highest BCUT2D eigenvalue weighted by molar-refractivity contribution is 6.84. The van der Waals surface area contributed by atoms with Gasteiger partial charge in [-0.1, -0.05) is 51.1 Å². The number of benzene rings is 1. The summed E-state index contributed by atoms with van der Waals surface area (Å²) in [6.45, 7) is 30.1. The molecule has 2 saturated heterocycles. The second kappa shape index (κ2) is 9.19. The molecule has 4 nitrogen and oxygen atoms in total. The topological polar surface area (TPSA) is 36.9 Å². The molecular weight excluding hydrogens is 478 g/mol. The lowest BCUT2D eigenvalue weighted by atomic mass is 9.69. The Morgan fingerprint density at radius 3 is 1.00 bits per heavy atom. The molecule has 2 heterocycles. The lowest BCUT2D eigenvalue weighted by Gasteiger charge is -2.32. The molecule has 0 spiro atoms. The minimum absolute atomic E-state index is 0.449. The van der Waals surface area contributed by atoms with Gasteiger partial charge in [0, 0.05) is 11.1 Å². The summed E-state index contributed by atoms with van der Waals surface area (Å²) in [5.74, 6) is 6.98. The van der Waals surface area contributed by atoms with Crippen LogP contribution in [0.1, 0.15) is 66.5 Å². The van der Waals surface area contributed by atoms with E-state index < -0.39 is 52.8 Å². The summed E-state index contributed by atoms with van der Waals surface area (Å²) in [4.78, 5) is 0. The highest BCUT2D eigenvalue weighted by Gasteiger charge is 2.54. The third kappa shape index (κ3) is 6.24. The van der Waals surface area contributed by atoms with E-state index in [0.717, 1.165) is 22.1 Å². The van der Waals surface area contributed by atoms with Gasteiger partial charge < -0.3 is 18.6 Å². The highest BCUT2D eigenvalue weighted by Crippen LogP contribution is 2.38. The molecule has 0 N–H and O–H groups in total. The first-order valence-corrected chi connectivity index (χ1v) is 20.0. The van der Waals surface area contributed by atoms with E-state index >= 15 is 0 Å². The van der Waals surface area contributed by atoms with Gasteiger partial charge in [-0.25, -0.2) is 0 Å². The van der Waals surface area contributed by atoms with Gasteiger partial charge in [-0.05, 0) is 78.4 Å². The van der Waals surface area contributed by atoms with Crippen LogP contribution in [0.25, 0.3) is 0 Å². The first-order valence-electron chi connectivity index (χ1n) is 13.0. The Balaban J connectivity index is 2.26. The second-order valence-electron chi connectivity index (χ2n) is 14.2. The average molecular weight is 522 g/mol. The van der Waals surface area contributed by atoms with Gasteiger partial charge in [0.2, 0.25) is 0 Å². The molecule has 0 saturated carbocycles. The van der Waals surface area contributed by atoms with Crippen LogP contribution in [0, 0.1) is 22.9 Å². The van der Waals surface area contributed by atoms with Gasteiger partial charge in [-0.15, -0.1) is 11.1 Å². The summed E-state index contributed by atoms with van der Waals surface area (Å²) in [5.41, 5.74) is 8.89. The Bertz CT molecular complexity index is 1030. The molecule has 1 aromatic rings. The van der Waals surface area contributed by atoms with Gasteiger partial charge in [0.05, 0.1) is 22.4 Å². The van der Waals surface area contributed by atoms with Crippen LogP contribution in [-0.4, -0.2) is 52.8 Å². The minimum atomic E-state index is -1.64. The molecular formula is C28H44B2O4Si2. The summed E-state index contributed by atoms with van der Waals surface area (Å²) in [6, 6.07) is 4.20. The minimum Gasteiger partial charge on any atom is -0.399 e. The zero-order chi connectivity index (χ0) is 27.5. The molecule has 36 heavy (non-hydrogen) atoms. The average Bonchev–Trinajstić information content (AvgIpc) is 3.02. The van der Waals surface area contributed by atoms with E-state index in [0.29, 0.717) is 0 Å². The van der Waals surface area contributed by atoms with Crippen molar-refractivity contribution in [1.29, 1.82) is 0 Å². The molecule has 0 atom stereocenters. The molecule has 0 aliphatic carbocycles. The third-order valence-corrected chi connectivity index (χ3v) is 9.13. The Labute approximate surface area is 222 Å². The van der Waals surface area contributed by atoms with Crippen molar-refractivity contribution in [3.05, 3.63) is 23.3 Å². The van der Waals surface area contributed by atoms with E-state index in [1.54, 1.807) is 0 Å². The van der Waals surface area contributed by atoms with Crippen molar-refractivity contribution < 1.29 is 18.6 Å². The van der Waals surface area contributed by atoms with E-state index in [1.165, 1.54) is 0 Å². The Morgan fingerprint density at radius 1 is 0.528 bits per heavy atom. The maximum Gasteiger partial charge on any atom is 0.496 e. The standard InChI is InChI=1S/C28H44B2O4Si2/c1-25(2)26(3,4)32-29(31-25)23-19-22(16-18-36(12,13)14)24(20-21(23)15-17-35(9,10)11)30-33-27(5,6)28(7,8)34-30/h19-20H,1-14H3. The molecule has 2 fully saturated rings. The first-order chi connectivity index (χ1) is 16.0. The number of hydrogen-bond donors (Lipinski definition) is 0. The van der Waals surface area contributed by atoms with E-state index in [-0.39, 0.29) is 0 Å². The molecule has 1 aromatic carbocycles. The van der Waals surface area contributed by atoms with Crippen LogP contribution >= 0.6 is 0 Å². The van der Waals surface area contributed by atoms with Gasteiger partial charge in [0.15, 0.2) is 0 Å². The number of hydrogen-bond acceptors (Lipinski definition) is 4. The highest BCUT2D eigenvalue weighted by atomic mass is 28.3. The third-order valence-electron chi connectivity index (χ3n) is 7.38. The van der Waals surface area contributed by atoms with Crippen LogP contribution in [0.4, 0.5) is 0 Å². The van der Waals surface area contributed by atoms with Crippen LogP contribution in [0.5, 0.6) is 0 Å². The molecule has 2 aliphatic rings. The van der Waals surface area contributed by atoms with Crippen molar-refractivity contribution in [2.24, 2.45) is 0 Å². The van der Waals surface area contributed by atoms with Crippen molar-refractivity contribution in [2.45, 2.75) is 117 Å². The SMILES string of the molecule is CC1(C)OB(c2cc(C#C[Si](C)(C)C)c(B3OC(C)(C)C(C)(C)O3)cc2C#C[Si](C)(C)C)OC1(C)C. The van der Waals surface area contributed by atoms with Crippen LogP contribution in [0.2, 0.25) is 39.3 Å². The smallest absolute Gasteiger partial charge is 0.399 e. The van der Waals surface area contributed by atoms with Gasteiger partial charge in [-0.3, -0.25) is 0 Å². The predicted octanol–water partition coefficient (Wildman–Crippen LogP) is 4.74. The Kier molecular flexibility index (Phi) is 7.48. The van der Waals surface area contributed by atoms with Crippen LogP contribution in [0.15, 0.2) is 12.1 Å².